The Balaban J connectivity index is 2.03. The minimum absolute atomic E-state index is 0.0505. The monoisotopic (exact) mass is 569 g/mol. The van der Waals surface area contributed by atoms with E-state index in [2.05, 4.69) is 5.32 Å². The van der Waals surface area contributed by atoms with Crippen LogP contribution in [0.5, 0.6) is 5.75 Å². The molecule has 1 atom stereocenters. The molecule has 3 rings (SSSR count). The number of hydrogen-bond donors (Lipinski definition) is 1. The summed E-state index contributed by atoms with van der Waals surface area (Å²) in [6.07, 6.45) is 2.41. The van der Waals surface area contributed by atoms with Crippen LogP contribution in [0.15, 0.2) is 88.7 Å². The van der Waals surface area contributed by atoms with Gasteiger partial charge in [-0.15, -0.1) is 11.8 Å². The number of hydrogen-bond acceptors (Lipinski definition) is 6. The summed E-state index contributed by atoms with van der Waals surface area (Å²) in [5, 5.41) is 2.59. The second-order valence-electron chi connectivity index (χ2n) is 8.70. The largest absolute Gasteiger partial charge is 0.492 e. The normalized spacial score (nSPS) is 11.9. The first-order valence-corrected chi connectivity index (χ1v) is 15.3. The van der Waals surface area contributed by atoms with Gasteiger partial charge in [-0.2, -0.15) is 0 Å². The van der Waals surface area contributed by atoms with E-state index in [9.17, 15) is 18.0 Å². The Labute approximate surface area is 235 Å². The zero-order valence-electron chi connectivity index (χ0n) is 22.7. The quantitative estimate of drug-likeness (QED) is 0.310. The summed E-state index contributed by atoms with van der Waals surface area (Å²) < 4.78 is 34.8. The highest BCUT2D eigenvalue weighted by Gasteiger charge is 2.33. The predicted octanol–water partition coefficient (Wildman–Crippen LogP) is 4.21. The van der Waals surface area contributed by atoms with E-state index in [0.29, 0.717) is 18.8 Å². The van der Waals surface area contributed by atoms with Crippen LogP contribution < -0.4 is 14.4 Å². The number of thioether (sulfide) groups is 1. The number of sulfonamides is 1. The average molecular weight is 570 g/mol. The third-order valence-electron chi connectivity index (χ3n) is 6.26. The summed E-state index contributed by atoms with van der Waals surface area (Å²) in [4.78, 5) is 28.8. The SMILES string of the molecule is CCOc1ccccc1N(CC(=O)N(CCc1ccccc1)[C@@H](C)C(=O)NC)S(=O)(=O)c1ccc(SC)cc1. The van der Waals surface area contributed by atoms with E-state index in [-0.39, 0.29) is 23.0 Å². The molecule has 0 aromatic heterocycles. The van der Waals surface area contributed by atoms with Crippen molar-refractivity contribution in [3.05, 3.63) is 84.4 Å². The van der Waals surface area contributed by atoms with Gasteiger partial charge in [-0.1, -0.05) is 42.5 Å². The molecule has 0 bridgehead atoms. The molecule has 0 aliphatic heterocycles. The zero-order valence-corrected chi connectivity index (χ0v) is 24.3. The number of benzene rings is 3. The number of ether oxygens (including phenoxy) is 1. The molecule has 39 heavy (non-hydrogen) atoms. The van der Waals surface area contributed by atoms with Crippen molar-refractivity contribution in [1.29, 1.82) is 0 Å². The highest BCUT2D eigenvalue weighted by molar-refractivity contribution is 7.98. The van der Waals surface area contributed by atoms with Crippen molar-refractivity contribution in [3.63, 3.8) is 0 Å². The second kappa shape index (κ2) is 14.0. The van der Waals surface area contributed by atoms with Crippen molar-refractivity contribution in [3.8, 4) is 5.75 Å². The summed E-state index contributed by atoms with van der Waals surface area (Å²) in [7, 11) is -2.67. The number of amides is 2. The maximum atomic E-state index is 14.0. The lowest BCUT2D eigenvalue weighted by atomic mass is 10.1. The Morgan fingerprint density at radius 1 is 0.974 bits per heavy atom. The molecule has 10 heteroatoms. The van der Waals surface area contributed by atoms with E-state index in [1.54, 1.807) is 50.2 Å². The lowest BCUT2D eigenvalue weighted by Gasteiger charge is -2.32. The second-order valence-corrected chi connectivity index (χ2v) is 11.4. The van der Waals surface area contributed by atoms with Crippen LogP contribution in [-0.4, -0.2) is 64.2 Å². The average Bonchev–Trinajstić information content (AvgIpc) is 2.96. The van der Waals surface area contributed by atoms with Gasteiger partial charge < -0.3 is 15.0 Å². The van der Waals surface area contributed by atoms with E-state index in [1.165, 1.54) is 35.8 Å². The number of rotatable bonds is 13. The Morgan fingerprint density at radius 2 is 1.62 bits per heavy atom. The van der Waals surface area contributed by atoms with Gasteiger partial charge in [-0.3, -0.25) is 13.9 Å². The molecular weight excluding hydrogens is 534 g/mol. The van der Waals surface area contributed by atoms with Gasteiger partial charge in [0.15, 0.2) is 0 Å². The van der Waals surface area contributed by atoms with Crippen LogP contribution in [-0.2, 0) is 26.0 Å². The van der Waals surface area contributed by atoms with Gasteiger partial charge in [0, 0.05) is 18.5 Å². The van der Waals surface area contributed by atoms with Gasteiger partial charge in [0.2, 0.25) is 11.8 Å². The lowest BCUT2D eigenvalue weighted by molar-refractivity contribution is -0.138. The molecule has 0 aliphatic rings. The standard InChI is InChI=1S/C29H35N3O5S2/c1-5-37-27-14-10-9-13-26(27)32(39(35,36)25-17-15-24(38-4)16-18-25)21-28(33)31(22(2)29(34)30-3)20-19-23-11-7-6-8-12-23/h6-18,22H,5,19-21H2,1-4H3,(H,30,34)/t22-/m0/s1. The van der Waals surface area contributed by atoms with E-state index >= 15 is 0 Å². The summed E-state index contributed by atoms with van der Waals surface area (Å²) >= 11 is 1.50. The van der Waals surface area contributed by atoms with Gasteiger partial charge in [0.1, 0.15) is 18.3 Å². The number of likely N-dealkylation sites (N-methyl/N-ethyl adjacent to an activating group) is 1. The van der Waals surface area contributed by atoms with Crippen molar-refractivity contribution in [2.45, 2.75) is 36.1 Å². The molecule has 0 saturated heterocycles. The van der Waals surface area contributed by atoms with Crippen molar-refractivity contribution < 1.29 is 22.7 Å². The van der Waals surface area contributed by atoms with Gasteiger partial charge in [-0.25, -0.2) is 8.42 Å². The first-order chi connectivity index (χ1) is 18.7. The molecule has 2 amide bonds. The highest BCUT2D eigenvalue weighted by atomic mass is 32.2. The van der Waals surface area contributed by atoms with E-state index in [4.69, 9.17) is 4.74 Å². The molecule has 0 fully saturated rings. The number of para-hydroxylation sites is 2. The van der Waals surface area contributed by atoms with Crippen molar-refractivity contribution >= 4 is 39.3 Å². The molecule has 0 heterocycles. The van der Waals surface area contributed by atoms with E-state index in [1.807, 2.05) is 36.6 Å². The van der Waals surface area contributed by atoms with Crippen molar-refractivity contribution in [2.24, 2.45) is 0 Å². The van der Waals surface area contributed by atoms with Gasteiger partial charge >= 0.3 is 0 Å². The van der Waals surface area contributed by atoms with E-state index < -0.39 is 28.5 Å². The molecule has 0 aliphatic carbocycles. The van der Waals surface area contributed by atoms with E-state index in [0.717, 1.165) is 14.8 Å². The van der Waals surface area contributed by atoms with Crippen LogP contribution in [0.2, 0.25) is 0 Å². The maximum Gasteiger partial charge on any atom is 0.264 e. The highest BCUT2D eigenvalue weighted by Crippen LogP contribution is 2.33. The predicted molar refractivity (Wildman–Crippen MR) is 156 cm³/mol. The molecule has 0 saturated carbocycles. The third kappa shape index (κ3) is 7.54. The molecule has 8 nitrogen and oxygen atoms in total. The molecule has 208 valence electrons. The Hall–Kier alpha value is -3.50. The van der Waals surface area contributed by atoms with Gasteiger partial charge in [-0.05, 0) is 68.5 Å². The number of nitrogens with zero attached hydrogens (tertiary/aromatic N) is 2. The molecule has 3 aromatic carbocycles. The van der Waals surface area contributed by atoms with Crippen LogP contribution in [0, 0.1) is 0 Å². The van der Waals surface area contributed by atoms with Gasteiger partial charge in [0.05, 0.1) is 17.2 Å². The van der Waals surface area contributed by atoms with Crippen LogP contribution in [0.25, 0.3) is 0 Å². The van der Waals surface area contributed by atoms with Crippen molar-refractivity contribution in [2.75, 3.05) is 37.3 Å². The van der Waals surface area contributed by atoms with Gasteiger partial charge in [0.25, 0.3) is 10.0 Å². The Morgan fingerprint density at radius 3 is 2.23 bits per heavy atom. The first kappa shape index (κ1) is 30.0. The molecule has 3 aromatic rings. The molecule has 1 N–H and O–H groups in total. The smallest absolute Gasteiger partial charge is 0.264 e. The molecule has 0 spiro atoms. The molecule has 0 radical (unpaired) electrons. The fourth-order valence-corrected chi connectivity index (χ4v) is 5.94. The number of carbonyl (C=O) groups is 2. The Bertz CT molecular complexity index is 1350. The fourth-order valence-electron chi connectivity index (χ4n) is 4.11. The lowest BCUT2D eigenvalue weighted by Crippen LogP contribution is -2.51. The minimum atomic E-state index is -4.17. The molecule has 0 unspecified atom stereocenters. The first-order valence-electron chi connectivity index (χ1n) is 12.7. The Kier molecular flexibility index (Phi) is 10.8. The summed E-state index contributed by atoms with van der Waals surface area (Å²) in [5.41, 5.74) is 1.25. The zero-order chi connectivity index (χ0) is 28.4. The van der Waals surface area contributed by atoms with Crippen LogP contribution in [0.4, 0.5) is 5.69 Å². The number of anilines is 1. The van der Waals surface area contributed by atoms with Crippen molar-refractivity contribution in [1.82, 2.24) is 10.2 Å². The summed E-state index contributed by atoms with van der Waals surface area (Å²) in [6.45, 7) is 3.49. The summed E-state index contributed by atoms with van der Waals surface area (Å²) in [6, 6.07) is 22.0. The third-order valence-corrected chi connectivity index (χ3v) is 8.78. The topological polar surface area (TPSA) is 96.0 Å². The minimum Gasteiger partial charge on any atom is -0.492 e. The van der Waals surface area contributed by atoms with Crippen LogP contribution in [0.1, 0.15) is 19.4 Å². The maximum absolute atomic E-state index is 14.0. The number of nitrogens with one attached hydrogen (secondary N) is 1. The summed E-state index contributed by atoms with van der Waals surface area (Å²) in [5.74, 6) is -0.502. The molecular formula is C29H35N3O5S2. The van der Waals surface area contributed by atoms with Crippen LogP contribution in [0.3, 0.4) is 0 Å². The fraction of sp³-hybridized carbons (Fsp3) is 0.310. The van der Waals surface area contributed by atoms with Crippen LogP contribution >= 0.6 is 11.8 Å². The number of carbonyl (C=O) groups excluding carboxylic acids is 2.